The van der Waals surface area contributed by atoms with Crippen LogP contribution in [0, 0.1) is 12.4 Å². The Kier molecular flexibility index (Phi) is 5.12. The number of hydrogen-bond acceptors (Lipinski definition) is 5. The van der Waals surface area contributed by atoms with Gasteiger partial charge in [0.2, 0.25) is 0 Å². The number of aromatic nitrogens is 2. The minimum atomic E-state index is -0.861. The Morgan fingerprint density at radius 1 is 1.22 bits per heavy atom. The van der Waals surface area contributed by atoms with Gasteiger partial charge in [0.15, 0.2) is 5.69 Å². The van der Waals surface area contributed by atoms with Crippen LogP contribution >= 0.6 is 0 Å². The van der Waals surface area contributed by atoms with Gasteiger partial charge in [0.05, 0.1) is 35.1 Å². The lowest BCUT2D eigenvalue weighted by atomic mass is 9.97. The number of anilines is 1. The highest BCUT2D eigenvalue weighted by molar-refractivity contribution is 6.01. The number of H-pyrrole nitrogens is 1. The third-order valence-electron chi connectivity index (χ3n) is 7.01. The maximum atomic E-state index is 15.2. The second-order valence-electron chi connectivity index (χ2n) is 9.23. The van der Waals surface area contributed by atoms with Gasteiger partial charge >= 0.3 is 0 Å². The molecule has 3 heterocycles. The van der Waals surface area contributed by atoms with E-state index in [1.54, 1.807) is 18.2 Å². The lowest BCUT2D eigenvalue weighted by Gasteiger charge is -2.44. The average Bonchev–Trinajstić information content (AvgIpc) is 3.30. The van der Waals surface area contributed by atoms with Gasteiger partial charge in [0.1, 0.15) is 18.2 Å². The summed E-state index contributed by atoms with van der Waals surface area (Å²) >= 11 is 0. The summed E-state index contributed by atoms with van der Waals surface area (Å²) in [4.78, 5) is 20.0. The van der Waals surface area contributed by atoms with Gasteiger partial charge in [-0.2, -0.15) is 5.10 Å². The lowest BCUT2D eigenvalue weighted by molar-refractivity contribution is 0.0996. The lowest BCUT2D eigenvalue weighted by Crippen LogP contribution is -2.56. The molecule has 9 heteroatoms. The van der Waals surface area contributed by atoms with Gasteiger partial charge in [-0.25, -0.2) is 9.24 Å². The number of nitrogens with two attached hydrogens (primary N) is 1. The second kappa shape index (κ2) is 8.36. The van der Waals surface area contributed by atoms with E-state index in [0.717, 1.165) is 42.0 Å². The molecule has 3 N–H and O–H groups in total. The average molecular weight is 483 g/mol. The Labute approximate surface area is 206 Å². The van der Waals surface area contributed by atoms with Crippen molar-refractivity contribution in [1.82, 2.24) is 15.1 Å². The topological polar surface area (TPSA) is 91.8 Å². The molecule has 36 heavy (non-hydrogen) atoms. The number of hydrogen-bond donors (Lipinski definition) is 2. The van der Waals surface area contributed by atoms with Gasteiger partial charge in [-0.3, -0.25) is 9.89 Å². The quantitative estimate of drug-likeness (QED) is 0.427. The third-order valence-corrected chi connectivity index (χ3v) is 7.01. The van der Waals surface area contributed by atoms with E-state index in [0.29, 0.717) is 29.4 Å². The first kappa shape index (κ1) is 22.1. The van der Waals surface area contributed by atoms with Crippen molar-refractivity contribution < 1.29 is 13.9 Å². The largest absolute Gasteiger partial charge is 0.489 e. The van der Waals surface area contributed by atoms with Crippen LogP contribution in [0.1, 0.15) is 10.4 Å². The minimum Gasteiger partial charge on any atom is -0.489 e. The Morgan fingerprint density at radius 2 is 2.08 bits per heavy atom. The molecule has 1 saturated heterocycles. The number of ether oxygens (including phenoxy) is 1. The van der Waals surface area contributed by atoms with Crippen LogP contribution in [0.4, 0.5) is 15.8 Å². The molecule has 4 aromatic rings. The van der Waals surface area contributed by atoms with E-state index < -0.39 is 11.7 Å². The summed E-state index contributed by atoms with van der Waals surface area (Å²) < 4.78 is 21.3. The van der Waals surface area contributed by atoms with Gasteiger partial charge in [0.25, 0.3) is 5.91 Å². The van der Waals surface area contributed by atoms with Crippen molar-refractivity contribution in [3.63, 3.8) is 0 Å². The highest BCUT2D eigenvalue weighted by Crippen LogP contribution is 2.42. The smallest absolute Gasteiger partial charge is 0.251 e. The first-order chi connectivity index (χ1) is 17.4. The summed E-state index contributed by atoms with van der Waals surface area (Å²) in [7, 11) is 2.13. The zero-order valence-electron chi connectivity index (χ0n) is 19.6. The summed E-state index contributed by atoms with van der Waals surface area (Å²) in [5, 5.41) is 8.24. The molecule has 2 aliphatic heterocycles. The van der Waals surface area contributed by atoms with Crippen molar-refractivity contribution in [1.29, 1.82) is 0 Å². The van der Waals surface area contributed by atoms with Crippen LogP contribution in [0.5, 0.6) is 5.75 Å². The Morgan fingerprint density at radius 3 is 2.89 bits per heavy atom. The highest BCUT2D eigenvalue weighted by Gasteiger charge is 2.32. The van der Waals surface area contributed by atoms with Crippen LogP contribution in [0.3, 0.4) is 0 Å². The number of nitrogens with zero attached hydrogens (tertiary/aromatic N) is 4. The maximum Gasteiger partial charge on any atom is 0.251 e. The van der Waals surface area contributed by atoms with Gasteiger partial charge < -0.3 is 20.3 Å². The molecule has 3 aromatic carbocycles. The third kappa shape index (κ3) is 3.46. The minimum absolute atomic E-state index is 0.140. The molecule has 0 aliphatic carbocycles. The van der Waals surface area contributed by atoms with Crippen LogP contribution in [-0.4, -0.2) is 60.3 Å². The normalized spacial score (nSPS) is 17.2. The molecular formula is C27H23FN6O2. The fourth-order valence-electron chi connectivity index (χ4n) is 5.18. The molecule has 1 atom stereocenters. The van der Waals surface area contributed by atoms with E-state index in [9.17, 15) is 4.79 Å². The summed E-state index contributed by atoms with van der Waals surface area (Å²) in [5.74, 6) is -0.800. The van der Waals surface area contributed by atoms with E-state index in [-0.39, 0.29) is 16.8 Å². The van der Waals surface area contributed by atoms with Gasteiger partial charge in [-0.05, 0) is 36.9 Å². The fourth-order valence-corrected chi connectivity index (χ4v) is 5.18. The maximum absolute atomic E-state index is 15.2. The van der Waals surface area contributed by atoms with Crippen LogP contribution in [0.25, 0.3) is 38.1 Å². The molecule has 1 amide bonds. The van der Waals surface area contributed by atoms with E-state index in [1.165, 1.54) is 12.1 Å². The summed E-state index contributed by atoms with van der Waals surface area (Å²) in [5.41, 5.74) is 9.12. The molecule has 8 nitrogen and oxygen atoms in total. The van der Waals surface area contributed by atoms with Crippen molar-refractivity contribution >= 4 is 28.2 Å². The zero-order valence-corrected chi connectivity index (χ0v) is 19.6. The van der Waals surface area contributed by atoms with Crippen molar-refractivity contribution in [2.45, 2.75) is 6.04 Å². The number of benzene rings is 3. The van der Waals surface area contributed by atoms with E-state index >= 15 is 4.39 Å². The molecule has 2 aliphatic rings. The molecule has 0 saturated carbocycles. The first-order valence-electron chi connectivity index (χ1n) is 11.6. The number of likely N-dealkylation sites (N-methyl/N-ethyl adjacent to an activating group) is 1. The van der Waals surface area contributed by atoms with Gasteiger partial charge in [-0.1, -0.05) is 24.3 Å². The van der Waals surface area contributed by atoms with Crippen molar-refractivity contribution in [2.24, 2.45) is 5.73 Å². The summed E-state index contributed by atoms with van der Waals surface area (Å²) in [6, 6.07) is 14.2. The predicted molar refractivity (Wildman–Crippen MR) is 136 cm³/mol. The molecule has 1 fully saturated rings. The first-order valence-corrected chi connectivity index (χ1v) is 11.6. The number of carbonyl (C=O) groups is 1. The highest BCUT2D eigenvalue weighted by atomic mass is 19.1. The number of piperazine rings is 1. The second-order valence-corrected chi connectivity index (χ2v) is 9.23. The molecule has 6 rings (SSSR count). The zero-order chi connectivity index (χ0) is 25.0. The fraction of sp³-hybridized carbons (Fsp3) is 0.222. The van der Waals surface area contributed by atoms with Crippen LogP contribution < -0.4 is 15.4 Å². The summed E-state index contributed by atoms with van der Waals surface area (Å²) in [6.45, 7) is 11.2. The van der Waals surface area contributed by atoms with Crippen LogP contribution in [0.2, 0.25) is 0 Å². The molecular weight excluding hydrogens is 459 g/mol. The number of rotatable bonds is 3. The van der Waals surface area contributed by atoms with E-state index in [4.69, 9.17) is 17.0 Å². The van der Waals surface area contributed by atoms with Crippen molar-refractivity contribution in [3.8, 4) is 28.1 Å². The van der Waals surface area contributed by atoms with Crippen molar-refractivity contribution in [3.05, 3.63) is 71.3 Å². The Balaban J connectivity index is 1.45. The van der Waals surface area contributed by atoms with E-state index in [2.05, 4.69) is 38.0 Å². The van der Waals surface area contributed by atoms with Crippen LogP contribution in [-0.2, 0) is 0 Å². The number of nitrogens with one attached hydrogen (secondary N) is 1. The molecule has 1 unspecified atom stereocenters. The molecule has 180 valence electrons. The summed E-state index contributed by atoms with van der Waals surface area (Å²) in [6.07, 6.45) is 0. The number of aromatic amines is 1. The van der Waals surface area contributed by atoms with Gasteiger partial charge in [-0.15, -0.1) is 0 Å². The Bertz CT molecular complexity index is 1570. The van der Waals surface area contributed by atoms with E-state index in [1.807, 2.05) is 12.1 Å². The number of fused-ring (bicyclic) bond motifs is 4. The number of primary amides is 1. The van der Waals surface area contributed by atoms with Gasteiger partial charge in [0, 0.05) is 36.1 Å². The molecule has 0 radical (unpaired) electrons. The Hall–Kier alpha value is -4.42. The SMILES string of the molecule is [C-]#[N+]c1cc2[nH]nc(-c3ccc4c(c3)OCC3CN(C)CCN43)c2cc1-c1cccc(C(N)=O)c1F. The standard InChI is InChI=1S/C27H23FN6O2/c1-30-21-12-22-20(11-19(21)17-4-3-5-18(25(17)28)27(29)35)26(32-31-22)15-6-7-23-24(10-15)36-14-16-13-33(2)8-9-34(16)23/h3-7,10-12,16H,8-9,13-14H2,2H3,(H2,29,35)(H,31,32). The van der Waals surface area contributed by atoms with Crippen molar-refractivity contribution in [2.75, 3.05) is 38.2 Å². The monoisotopic (exact) mass is 482 g/mol. The predicted octanol–water partition coefficient (Wildman–Crippen LogP) is 4.20. The number of carbonyl (C=O) groups excluding carboxylic acids is 1. The number of amides is 1. The molecule has 0 spiro atoms. The van der Waals surface area contributed by atoms with Crippen LogP contribution in [0.15, 0.2) is 48.5 Å². The molecule has 1 aromatic heterocycles. The molecule has 0 bridgehead atoms. The number of halogens is 1.